The van der Waals surface area contributed by atoms with Gasteiger partial charge in [-0.2, -0.15) is 4.89 Å². The second-order valence-corrected chi connectivity index (χ2v) is 4.81. The van der Waals surface area contributed by atoms with E-state index in [2.05, 4.69) is 0 Å². The van der Waals surface area contributed by atoms with Crippen LogP contribution in [-0.2, 0) is 25.0 Å². The van der Waals surface area contributed by atoms with Crippen LogP contribution in [0.25, 0.3) is 0 Å². The van der Waals surface area contributed by atoms with E-state index in [9.17, 15) is 9.59 Å². The number of carbonyl (C=O) groups is 2. The zero-order chi connectivity index (χ0) is 16.0. The summed E-state index contributed by atoms with van der Waals surface area (Å²) < 4.78 is 0. The largest absolute Gasteiger partial charge is 0.478 e. The fourth-order valence-corrected chi connectivity index (χ4v) is 1.66. The van der Waals surface area contributed by atoms with Gasteiger partial charge in [0.2, 0.25) is 0 Å². The molecule has 0 bridgehead atoms. The minimum Gasteiger partial charge on any atom is -0.478 e. The summed E-state index contributed by atoms with van der Waals surface area (Å²) in [4.78, 5) is 32.2. The highest BCUT2D eigenvalue weighted by molar-refractivity contribution is 5.97. The molecular weight excluding hydrogens is 276 g/mol. The quantitative estimate of drug-likeness (QED) is 0.347. The Bertz CT molecular complexity index is 545. The Kier molecular flexibility index (Phi) is 5.49. The topological polar surface area (TPSA) is 93.1 Å². The first-order chi connectivity index (χ1) is 9.79. The van der Waals surface area contributed by atoms with E-state index in [-0.39, 0.29) is 12.0 Å². The Balaban J connectivity index is 2.98. The summed E-state index contributed by atoms with van der Waals surface area (Å²) in [5.74, 6) is -3.55. The number of hydrogen-bond donors (Lipinski definition) is 2. The summed E-state index contributed by atoms with van der Waals surface area (Å²) in [5.41, 5.74) is -0.520. The molecule has 0 saturated heterocycles. The monoisotopic (exact) mass is 294 g/mol. The molecular formula is C15H18O6. The molecule has 0 heterocycles. The number of rotatable bonds is 7. The van der Waals surface area contributed by atoms with Gasteiger partial charge >= 0.3 is 11.9 Å². The molecule has 0 aliphatic rings. The molecule has 21 heavy (non-hydrogen) atoms. The minimum absolute atomic E-state index is 0.00604. The summed E-state index contributed by atoms with van der Waals surface area (Å²) in [7, 11) is 0. The van der Waals surface area contributed by atoms with Gasteiger partial charge in [-0.05, 0) is 25.8 Å². The lowest BCUT2D eigenvalue weighted by molar-refractivity contribution is -0.331. The van der Waals surface area contributed by atoms with Crippen molar-refractivity contribution < 1.29 is 29.6 Å². The lowest BCUT2D eigenvalue weighted by atomic mass is 9.99. The summed E-state index contributed by atoms with van der Waals surface area (Å²) in [6.07, 6.45) is 0.00604. The van der Waals surface area contributed by atoms with Crippen molar-refractivity contribution in [3.63, 3.8) is 0 Å². The van der Waals surface area contributed by atoms with Gasteiger partial charge in [0, 0.05) is 0 Å². The van der Waals surface area contributed by atoms with Crippen molar-refractivity contribution in [1.29, 1.82) is 0 Å². The zero-order valence-corrected chi connectivity index (χ0v) is 12.1. The lowest BCUT2D eigenvalue weighted by Crippen LogP contribution is -2.24. The average Bonchev–Trinajstić information content (AvgIpc) is 2.43. The van der Waals surface area contributed by atoms with Crippen molar-refractivity contribution in [3.05, 3.63) is 47.2 Å². The van der Waals surface area contributed by atoms with E-state index in [1.807, 2.05) is 18.2 Å². The highest BCUT2D eigenvalue weighted by Crippen LogP contribution is 2.26. The fourth-order valence-electron chi connectivity index (χ4n) is 1.66. The smallest absolute Gasteiger partial charge is 0.375 e. The molecule has 0 aliphatic carbocycles. The van der Waals surface area contributed by atoms with E-state index in [1.54, 1.807) is 26.0 Å². The van der Waals surface area contributed by atoms with E-state index in [1.165, 1.54) is 6.92 Å². The van der Waals surface area contributed by atoms with E-state index in [4.69, 9.17) is 20.0 Å². The summed E-state index contributed by atoms with van der Waals surface area (Å²) in [6, 6.07) is 9.05. The van der Waals surface area contributed by atoms with E-state index < -0.39 is 23.3 Å². The molecule has 1 aromatic carbocycles. The third-order valence-electron chi connectivity index (χ3n) is 2.88. The van der Waals surface area contributed by atoms with Gasteiger partial charge in [-0.15, -0.1) is 0 Å². The first-order valence-electron chi connectivity index (χ1n) is 6.40. The second-order valence-electron chi connectivity index (χ2n) is 4.81. The normalized spacial score (nSPS) is 12.5. The fraction of sp³-hybridized carbons (Fsp3) is 0.333. The van der Waals surface area contributed by atoms with Crippen LogP contribution in [-0.4, -0.2) is 22.2 Å². The van der Waals surface area contributed by atoms with Gasteiger partial charge in [-0.25, -0.2) is 9.59 Å². The van der Waals surface area contributed by atoms with E-state index in [0.29, 0.717) is 0 Å². The number of carboxylic acid groups (broad SMARTS) is 2. The van der Waals surface area contributed by atoms with Gasteiger partial charge < -0.3 is 15.1 Å². The van der Waals surface area contributed by atoms with Gasteiger partial charge in [0.05, 0.1) is 5.57 Å². The molecule has 0 atom stereocenters. The first kappa shape index (κ1) is 16.7. The lowest BCUT2D eigenvalue weighted by Gasteiger charge is -2.24. The van der Waals surface area contributed by atoms with Crippen LogP contribution >= 0.6 is 0 Å². The van der Waals surface area contributed by atoms with Crippen LogP contribution in [0, 0.1) is 0 Å². The minimum atomic E-state index is -1.49. The highest BCUT2D eigenvalue weighted by atomic mass is 17.2. The van der Waals surface area contributed by atoms with Gasteiger partial charge in [-0.1, -0.05) is 37.3 Å². The number of hydrogen-bond acceptors (Lipinski definition) is 4. The second kappa shape index (κ2) is 6.90. The van der Waals surface area contributed by atoms with Crippen LogP contribution in [0.2, 0.25) is 0 Å². The Labute approximate surface area is 122 Å². The molecule has 0 spiro atoms. The number of carboxylic acids is 2. The van der Waals surface area contributed by atoms with Crippen LogP contribution in [0.4, 0.5) is 0 Å². The summed E-state index contributed by atoms with van der Waals surface area (Å²) >= 11 is 0. The molecule has 2 N–H and O–H groups in total. The van der Waals surface area contributed by atoms with Crippen molar-refractivity contribution in [2.24, 2.45) is 0 Å². The van der Waals surface area contributed by atoms with Crippen molar-refractivity contribution in [2.45, 2.75) is 32.8 Å². The predicted molar refractivity (Wildman–Crippen MR) is 74.2 cm³/mol. The molecule has 0 radical (unpaired) electrons. The molecule has 0 amide bonds. The van der Waals surface area contributed by atoms with Crippen molar-refractivity contribution in [2.75, 3.05) is 0 Å². The molecule has 0 aromatic heterocycles. The van der Waals surface area contributed by atoms with E-state index in [0.717, 1.165) is 5.56 Å². The Morgan fingerprint density at radius 1 is 1.10 bits per heavy atom. The Morgan fingerprint density at radius 2 is 1.67 bits per heavy atom. The molecule has 6 heteroatoms. The Hall–Kier alpha value is -2.34. The van der Waals surface area contributed by atoms with Crippen LogP contribution < -0.4 is 0 Å². The summed E-state index contributed by atoms with van der Waals surface area (Å²) in [5, 5.41) is 18.0. The molecule has 0 aliphatic heterocycles. The van der Waals surface area contributed by atoms with Gasteiger partial charge in [0.25, 0.3) is 5.76 Å². The van der Waals surface area contributed by atoms with Crippen molar-refractivity contribution in [1.82, 2.24) is 0 Å². The SMILES string of the molecule is CC/C(C(=O)O)=C(/OOC(C)(C)c1ccccc1)C(=O)O. The van der Waals surface area contributed by atoms with Crippen LogP contribution in [0.15, 0.2) is 41.7 Å². The zero-order valence-electron chi connectivity index (χ0n) is 12.1. The summed E-state index contributed by atoms with van der Waals surface area (Å²) in [6.45, 7) is 4.90. The highest BCUT2D eigenvalue weighted by Gasteiger charge is 2.28. The first-order valence-corrected chi connectivity index (χ1v) is 6.40. The van der Waals surface area contributed by atoms with Crippen LogP contribution in [0.1, 0.15) is 32.8 Å². The average molecular weight is 294 g/mol. The predicted octanol–water partition coefficient (Wildman–Crippen LogP) is 2.70. The standard InChI is InChI=1S/C15H18O6/c1-4-11(13(16)17)12(14(18)19)20-21-15(2,3)10-8-6-5-7-9-10/h5-9H,4H2,1-3H3,(H,16,17)(H,18,19)/b12-11-. The molecule has 1 rings (SSSR count). The van der Waals surface area contributed by atoms with Crippen LogP contribution in [0.3, 0.4) is 0 Å². The maximum absolute atomic E-state index is 11.1. The number of benzene rings is 1. The molecule has 0 fully saturated rings. The molecule has 0 unspecified atom stereocenters. The van der Waals surface area contributed by atoms with Crippen LogP contribution in [0.5, 0.6) is 0 Å². The van der Waals surface area contributed by atoms with Crippen molar-refractivity contribution >= 4 is 11.9 Å². The van der Waals surface area contributed by atoms with Crippen molar-refractivity contribution in [3.8, 4) is 0 Å². The molecule has 6 nitrogen and oxygen atoms in total. The third-order valence-corrected chi connectivity index (χ3v) is 2.88. The number of aliphatic carboxylic acids is 2. The molecule has 0 saturated carbocycles. The molecule has 1 aromatic rings. The van der Waals surface area contributed by atoms with E-state index >= 15 is 0 Å². The Morgan fingerprint density at radius 3 is 2.10 bits per heavy atom. The van der Waals surface area contributed by atoms with Gasteiger partial charge in [0.15, 0.2) is 0 Å². The molecule has 114 valence electrons. The maximum atomic E-state index is 11.1. The van der Waals surface area contributed by atoms with Gasteiger partial charge in [0.1, 0.15) is 5.60 Å². The third kappa shape index (κ3) is 4.32. The maximum Gasteiger partial charge on any atom is 0.375 e. The van der Waals surface area contributed by atoms with Gasteiger partial charge in [-0.3, -0.25) is 0 Å².